The lowest BCUT2D eigenvalue weighted by Gasteiger charge is -2.43. The number of rotatable bonds is 8. The van der Waals surface area contributed by atoms with Crippen molar-refractivity contribution in [2.45, 2.75) is 31.1 Å². The second kappa shape index (κ2) is 8.56. The first-order chi connectivity index (χ1) is 13.3. The summed E-state index contributed by atoms with van der Waals surface area (Å²) in [4.78, 5) is 37.0. The Morgan fingerprint density at radius 3 is 2.64 bits per heavy atom. The SMILES string of the molecule is CC(O)[C@H]1C(=O)N2C(C(=O)O)=C(SC[C@@H](N)C(=O)OCc3ccccc3)S[C@H]12. The first-order valence-electron chi connectivity index (χ1n) is 8.55. The van der Waals surface area contributed by atoms with Crippen molar-refractivity contribution in [3.8, 4) is 0 Å². The summed E-state index contributed by atoms with van der Waals surface area (Å²) in [6, 6.07) is 8.24. The molecule has 4 atom stereocenters. The summed E-state index contributed by atoms with van der Waals surface area (Å²) in [5.74, 6) is -2.75. The van der Waals surface area contributed by atoms with Gasteiger partial charge in [-0.15, -0.1) is 11.8 Å². The van der Waals surface area contributed by atoms with Gasteiger partial charge in [-0.3, -0.25) is 14.5 Å². The van der Waals surface area contributed by atoms with Crippen molar-refractivity contribution >= 4 is 41.4 Å². The number of ether oxygens (including phenoxy) is 1. The zero-order valence-electron chi connectivity index (χ0n) is 15.0. The number of carboxylic acids is 1. The number of carbonyl (C=O) groups is 3. The number of hydrogen-bond acceptors (Lipinski definition) is 8. The van der Waals surface area contributed by atoms with E-state index in [9.17, 15) is 24.6 Å². The number of benzene rings is 1. The molecule has 4 N–H and O–H groups in total. The van der Waals surface area contributed by atoms with Crippen LogP contribution in [0.1, 0.15) is 12.5 Å². The molecule has 1 aromatic carbocycles. The Labute approximate surface area is 170 Å². The second-order valence-corrected chi connectivity index (χ2v) is 8.85. The van der Waals surface area contributed by atoms with Gasteiger partial charge >= 0.3 is 11.9 Å². The molecule has 1 amide bonds. The van der Waals surface area contributed by atoms with Crippen LogP contribution >= 0.6 is 23.5 Å². The highest BCUT2D eigenvalue weighted by molar-refractivity contribution is 8.22. The Morgan fingerprint density at radius 1 is 1.36 bits per heavy atom. The summed E-state index contributed by atoms with van der Waals surface area (Å²) in [5.41, 5.74) is 6.59. The van der Waals surface area contributed by atoms with Crippen LogP contribution in [0, 0.1) is 5.92 Å². The monoisotopic (exact) mass is 424 g/mol. The molecule has 1 fully saturated rings. The smallest absolute Gasteiger partial charge is 0.354 e. The van der Waals surface area contributed by atoms with E-state index in [-0.39, 0.29) is 18.1 Å². The zero-order valence-corrected chi connectivity index (χ0v) is 16.6. The van der Waals surface area contributed by atoms with Gasteiger partial charge in [0.1, 0.15) is 18.0 Å². The third-order valence-corrected chi connectivity index (χ3v) is 7.17. The number of hydrogen-bond donors (Lipinski definition) is 3. The van der Waals surface area contributed by atoms with Gasteiger partial charge in [0.15, 0.2) is 5.70 Å². The molecule has 2 aliphatic heterocycles. The van der Waals surface area contributed by atoms with Crippen LogP contribution in [0.25, 0.3) is 0 Å². The molecule has 1 saturated heterocycles. The number of esters is 1. The van der Waals surface area contributed by atoms with E-state index in [0.717, 1.165) is 17.3 Å². The number of aliphatic hydroxyl groups is 1. The molecule has 2 heterocycles. The summed E-state index contributed by atoms with van der Waals surface area (Å²) in [6.07, 6.45) is -0.865. The van der Waals surface area contributed by atoms with Crippen molar-refractivity contribution in [2.75, 3.05) is 5.75 Å². The van der Waals surface area contributed by atoms with Gasteiger partial charge in [0.2, 0.25) is 5.91 Å². The van der Waals surface area contributed by atoms with Gasteiger partial charge in [0.25, 0.3) is 0 Å². The van der Waals surface area contributed by atoms with Crippen LogP contribution < -0.4 is 5.73 Å². The molecule has 150 valence electrons. The molecule has 0 bridgehead atoms. The molecule has 0 spiro atoms. The van der Waals surface area contributed by atoms with Crippen LogP contribution in [0.15, 0.2) is 40.3 Å². The van der Waals surface area contributed by atoms with Crippen molar-refractivity contribution in [1.82, 2.24) is 4.90 Å². The minimum Gasteiger partial charge on any atom is -0.477 e. The van der Waals surface area contributed by atoms with E-state index >= 15 is 0 Å². The lowest BCUT2D eigenvalue weighted by Crippen LogP contribution is -2.60. The maximum absolute atomic E-state index is 12.2. The molecule has 0 radical (unpaired) electrons. The molecule has 0 saturated carbocycles. The van der Waals surface area contributed by atoms with E-state index in [1.165, 1.54) is 23.6 Å². The highest BCUT2D eigenvalue weighted by Crippen LogP contribution is 2.53. The Kier molecular flexibility index (Phi) is 6.33. The third kappa shape index (κ3) is 4.04. The Bertz CT molecular complexity index is 814. The molecule has 2 aliphatic rings. The molecule has 0 aromatic heterocycles. The molecule has 8 nitrogen and oxygen atoms in total. The van der Waals surface area contributed by atoms with E-state index in [4.69, 9.17) is 10.5 Å². The van der Waals surface area contributed by atoms with E-state index in [0.29, 0.717) is 4.24 Å². The van der Waals surface area contributed by atoms with Crippen LogP contribution in [0.4, 0.5) is 0 Å². The van der Waals surface area contributed by atoms with Crippen molar-refractivity contribution in [1.29, 1.82) is 0 Å². The lowest BCUT2D eigenvalue weighted by molar-refractivity contribution is -0.156. The fourth-order valence-corrected chi connectivity index (χ4v) is 5.80. The summed E-state index contributed by atoms with van der Waals surface area (Å²) in [7, 11) is 0. The van der Waals surface area contributed by atoms with E-state index < -0.39 is 41.3 Å². The molecule has 1 aromatic rings. The normalized spacial score (nSPS) is 23.1. The van der Waals surface area contributed by atoms with Gasteiger partial charge < -0.3 is 20.7 Å². The fraction of sp³-hybridized carbons (Fsp3) is 0.389. The number of nitrogens with two attached hydrogens (primary N) is 1. The van der Waals surface area contributed by atoms with Crippen molar-refractivity contribution in [3.05, 3.63) is 45.8 Å². The van der Waals surface area contributed by atoms with Crippen LogP contribution in [-0.4, -0.2) is 56.2 Å². The molecule has 0 aliphatic carbocycles. The lowest BCUT2D eigenvalue weighted by atomic mass is 9.92. The van der Waals surface area contributed by atoms with Gasteiger partial charge in [-0.1, -0.05) is 42.1 Å². The number of aliphatic hydroxyl groups excluding tert-OH is 1. The predicted molar refractivity (Wildman–Crippen MR) is 105 cm³/mol. The number of β-lactam (4-membered cyclic amide) rings is 1. The molecule has 28 heavy (non-hydrogen) atoms. The van der Waals surface area contributed by atoms with Gasteiger partial charge in [-0.2, -0.15) is 0 Å². The minimum absolute atomic E-state index is 0.107. The third-order valence-electron chi connectivity index (χ3n) is 4.39. The summed E-state index contributed by atoms with van der Waals surface area (Å²) >= 11 is 2.30. The first kappa shape index (κ1) is 20.7. The van der Waals surface area contributed by atoms with Crippen LogP contribution in [0.2, 0.25) is 0 Å². The Balaban J connectivity index is 1.58. The molecule has 10 heteroatoms. The second-order valence-electron chi connectivity index (χ2n) is 6.44. The average Bonchev–Trinajstić information content (AvgIpc) is 2.99. The topological polar surface area (TPSA) is 130 Å². The van der Waals surface area contributed by atoms with Gasteiger partial charge in [-0.05, 0) is 12.5 Å². The number of amides is 1. The quantitative estimate of drug-likeness (QED) is 0.412. The summed E-state index contributed by atoms with van der Waals surface area (Å²) < 4.78 is 5.59. The maximum atomic E-state index is 12.2. The number of carboxylic acid groups (broad SMARTS) is 1. The predicted octanol–water partition coefficient (Wildman–Crippen LogP) is 0.956. The van der Waals surface area contributed by atoms with E-state index in [2.05, 4.69) is 0 Å². The maximum Gasteiger partial charge on any atom is 0.354 e. The van der Waals surface area contributed by atoms with Crippen LogP contribution in [0.3, 0.4) is 0 Å². The van der Waals surface area contributed by atoms with Crippen LogP contribution in [0.5, 0.6) is 0 Å². The van der Waals surface area contributed by atoms with Gasteiger partial charge in [0.05, 0.1) is 16.3 Å². The van der Waals surface area contributed by atoms with Gasteiger partial charge in [-0.25, -0.2) is 4.79 Å². The Hall–Kier alpha value is -2.01. The summed E-state index contributed by atoms with van der Waals surface area (Å²) in [6.45, 7) is 1.61. The zero-order chi connectivity index (χ0) is 20.4. The van der Waals surface area contributed by atoms with Crippen LogP contribution in [-0.2, 0) is 25.7 Å². The molecular formula is C18H20N2O6S2. The standard InChI is InChI=1S/C18H20N2O6S2/c1-9(21)12-14(22)20-13(16(23)24)18(28-15(12)20)27-8-11(19)17(25)26-7-10-5-3-2-4-6-10/h2-6,9,11-12,15,21H,7-8,19H2,1H3,(H,23,24)/t9?,11-,12+,15-/m1/s1. The van der Waals surface area contributed by atoms with E-state index in [1.807, 2.05) is 30.3 Å². The van der Waals surface area contributed by atoms with Crippen molar-refractivity contribution in [3.63, 3.8) is 0 Å². The number of fused-ring (bicyclic) bond motifs is 1. The van der Waals surface area contributed by atoms with Gasteiger partial charge in [0, 0.05) is 5.75 Å². The number of aliphatic carboxylic acids is 1. The number of thioether (sulfide) groups is 2. The summed E-state index contributed by atoms with van der Waals surface area (Å²) in [5, 5.41) is 18.8. The largest absolute Gasteiger partial charge is 0.477 e. The highest BCUT2D eigenvalue weighted by atomic mass is 32.2. The molecule has 1 unspecified atom stereocenters. The fourth-order valence-electron chi connectivity index (χ4n) is 2.92. The number of carbonyl (C=O) groups excluding carboxylic acids is 2. The minimum atomic E-state index is -1.23. The first-order valence-corrected chi connectivity index (χ1v) is 10.4. The molecule has 3 rings (SSSR count). The van der Waals surface area contributed by atoms with E-state index in [1.54, 1.807) is 0 Å². The number of nitrogens with zero attached hydrogens (tertiary/aromatic N) is 1. The highest BCUT2D eigenvalue weighted by Gasteiger charge is 2.57. The molecular weight excluding hydrogens is 404 g/mol. The average molecular weight is 425 g/mol. The Morgan fingerprint density at radius 2 is 2.04 bits per heavy atom. The van der Waals surface area contributed by atoms with Crippen molar-refractivity contribution < 1.29 is 29.3 Å². The van der Waals surface area contributed by atoms with Crippen molar-refractivity contribution in [2.24, 2.45) is 11.7 Å².